The fraction of sp³-hybridized carbons (Fsp3) is 0.364. The highest BCUT2D eigenvalue weighted by molar-refractivity contribution is 5.90. The summed E-state index contributed by atoms with van der Waals surface area (Å²) in [6.07, 6.45) is 0.705. The van der Waals surface area contributed by atoms with Crippen LogP contribution >= 0.6 is 0 Å². The van der Waals surface area contributed by atoms with Crippen LogP contribution in [-0.2, 0) is 22.3 Å². The quantitative estimate of drug-likeness (QED) is 0.185. The number of rotatable bonds is 9. The highest BCUT2D eigenvalue weighted by Gasteiger charge is 2.41. The predicted molar refractivity (Wildman–Crippen MR) is 155 cm³/mol. The molecular formula is C33H34F3N3O4. The molecule has 0 spiro atoms. The van der Waals surface area contributed by atoms with Crippen LogP contribution in [0.15, 0.2) is 66.9 Å². The first kappa shape index (κ1) is 30.3. The highest BCUT2D eigenvalue weighted by Crippen LogP contribution is 2.36. The van der Waals surface area contributed by atoms with E-state index in [0.29, 0.717) is 40.3 Å². The zero-order valence-corrected chi connectivity index (χ0v) is 24.4. The molecule has 5 rings (SSSR count). The van der Waals surface area contributed by atoms with Crippen LogP contribution in [0.2, 0.25) is 0 Å². The SMILES string of the molecule is CCOC(=O)c1cnn(-c2cccc(-c3ccccc3OCc3ccc([C@H]4CC[C@H](OC)CC4)cc3C)n2)c1C(F)(F)F. The van der Waals surface area contributed by atoms with Crippen molar-refractivity contribution < 1.29 is 32.2 Å². The lowest BCUT2D eigenvalue weighted by atomic mass is 9.82. The maximum absolute atomic E-state index is 14.0. The van der Waals surface area contributed by atoms with E-state index in [4.69, 9.17) is 14.2 Å². The van der Waals surface area contributed by atoms with Gasteiger partial charge in [-0.3, -0.25) is 0 Å². The molecule has 0 atom stereocenters. The van der Waals surface area contributed by atoms with E-state index in [1.165, 1.54) is 18.6 Å². The summed E-state index contributed by atoms with van der Waals surface area (Å²) in [6, 6.07) is 18.4. The molecule has 226 valence electrons. The largest absolute Gasteiger partial charge is 0.488 e. The minimum atomic E-state index is -4.87. The van der Waals surface area contributed by atoms with Crippen LogP contribution < -0.4 is 4.74 Å². The number of hydrogen-bond acceptors (Lipinski definition) is 6. The van der Waals surface area contributed by atoms with Gasteiger partial charge in [0.1, 0.15) is 17.9 Å². The lowest BCUT2D eigenvalue weighted by molar-refractivity contribution is -0.143. The summed E-state index contributed by atoms with van der Waals surface area (Å²) in [5.74, 6) is -0.128. The molecule has 1 aliphatic carbocycles. The van der Waals surface area contributed by atoms with Crippen molar-refractivity contribution in [1.29, 1.82) is 0 Å². The Balaban J connectivity index is 1.37. The summed E-state index contributed by atoms with van der Waals surface area (Å²) in [6.45, 7) is 3.85. The van der Waals surface area contributed by atoms with Crippen molar-refractivity contribution in [3.63, 3.8) is 0 Å². The van der Waals surface area contributed by atoms with E-state index in [1.807, 2.05) is 12.1 Å². The number of hydrogen-bond donors (Lipinski definition) is 0. The molecule has 7 nitrogen and oxygen atoms in total. The Hall–Kier alpha value is -4.18. The summed E-state index contributed by atoms with van der Waals surface area (Å²) >= 11 is 0. The van der Waals surface area contributed by atoms with E-state index < -0.39 is 23.4 Å². The molecule has 10 heteroatoms. The molecule has 2 aromatic carbocycles. The smallest absolute Gasteiger partial charge is 0.434 e. The summed E-state index contributed by atoms with van der Waals surface area (Å²) in [7, 11) is 1.78. The summed E-state index contributed by atoms with van der Waals surface area (Å²) in [4.78, 5) is 16.7. The Morgan fingerprint density at radius 3 is 2.49 bits per heavy atom. The van der Waals surface area contributed by atoms with E-state index in [9.17, 15) is 18.0 Å². The number of alkyl halides is 3. The molecule has 4 aromatic rings. The Morgan fingerprint density at radius 2 is 1.79 bits per heavy atom. The number of esters is 1. The second-order valence-electron chi connectivity index (χ2n) is 10.6. The maximum atomic E-state index is 14.0. The molecule has 0 aliphatic heterocycles. The van der Waals surface area contributed by atoms with Crippen molar-refractivity contribution in [2.24, 2.45) is 0 Å². The van der Waals surface area contributed by atoms with Crippen molar-refractivity contribution in [2.45, 2.75) is 64.3 Å². The molecule has 43 heavy (non-hydrogen) atoms. The highest BCUT2D eigenvalue weighted by atomic mass is 19.4. The maximum Gasteiger partial charge on any atom is 0.434 e. The second-order valence-corrected chi connectivity index (χ2v) is 10.6. The monoisotopic (exact) mass is 593 g/mol. The van der Waals surface area contributed by atoms with E-state index in [1.54, 1.807) is 31.4 Å². The first-order valence-electron chi connectivity index (χ1n) is 14.3. The Morgan fingerprint density at radius 1 is 1.02 bits per heavy atom. The van der Waals surface area contributed by atoms with Gasteiger partial charge in [0.15, 0.2) is 11.5 Å². The number of ether oxygens (including phenoxy) is 3. The molecule has 2 heterocycles. The van der Waals surface area contributed by atoms with Crippen LogP contribution in [0.3, 0.4) is 0 Å². The van der Waals surface area contributed by atoms with Crippen molar-refractivity contribution in [3.8, 4) is 22.8 Å². The second kappa shape index (κ2) is 13.0. The third-order valence-corrected chi connectivity index (χ3v) is 7.88. The third-order valence-electron chi connectivity index (χ3n) is 7.88. The molecular weight excluding hydrogens is 559 g/mol. The summed E-state index contributed by atoms with van der Waals surface area (Å²) in [5, 5.41) is 3.84. The number of aromatic nitrogens is 3. The number of carbonyl (C=O) groups excluding carboxylic acids is 1. The minimum absolute atomic E-state index is 0.0642. The van der Waals surface area contributed by atoms with Gasteiger partial charge >= 0.3 is 12.1 Å². The molecule has 1 fully saturated rings. The fourth-order valence-corrected chi connectivity index (χ4v) is 5.57. The lowest BCUT2D eigenvalue weighted by Gasteiger charge is -2.28. The first-order chi connectivity index (χ1) is 20.7. The van der Waals surface area contributed by atoms with Crippen LogP contribution in [-0.4, -0.2) is 40.6 Å². The van der Waals surface area contributed by atoms with E-state index in [2.05, 4.69) is 35.2 Å². The van der Waals surface area contributed by atoms with E-state index >= 15 is 0 Å². The standard InChI is InChI=1S/C33H34F3N3O4/c1-4-42-32(40)27-19-37-39(31(27)33(34,35)36)30-11-7-9-28(38-30)26-8-5-6-10-29(26)43-20-24-13-12-23(18-21(24)2)22-14-16-25(41-3)17-15-22/h5-13,18-19,22,25H,4,14-17,20H2,1-3H3/t22-,25-. The van der Waals surface area contributed by atoms with Gasteiger partial charge < -0.3 is 14.2 Å². The number of pyridine rings is 1. The number of methoxy groups -OCH3 is 1. The molecule has 0 amide bonds. The zero-order chi connectivity index (χ0) is 30.6. The Bertz CT molecular complexity index is 1580. The summed E-state index contributed by atoms with van der Waals surface area (Å²) < 4.78 is 59.3. The number of aryl methyl sites for hydroxylation is 1. The Labute approximate surface area is 248 Å². The van der Waals surface area contributed by atoms with Gasteiger partial charge in [-0.1, -0.05) is 36.4 Å². The number of benzene rings is 2. The van der Waals surface area contributed by atoms with Crippen LogP contribution in [0, 0.1) is 6.92 Å². The first-order valence-corrected chi connectivity index (χ1v) is 14.3. The molecule has 0 saturated heterocycles. The third kappa shape index (κ3) is 6.74. The average molecular weight is 594 g/mol. The van der Waals surface area contributed by atoms with Crippen molar-refractivity contribution in [2.75, 3.05) is 13.7 Å². The summed E-state index contributed by atoms with van der Waals surface area (Å²) in [5.41, 5.74) is 2.61. The topological polar surface area (TPSA) is 75.5 Å². The number of para-hydroxylation sites is 1. The van der Waals surface area contributed by atoms with Crippen molar-refractivity contribution in [3.05, 3.63) is 94.8 Å². The molecule has 0 N–H and O–H groups in total. The van der Waals surface area contributed by atoms with Gasteiger partial charge in [-0.15, -0.1) is 0 Å². The molecule has 0 bridgehead atoms. The molecule has 2 aromatic heterocycles. The molecule has 1 saturated carbocycles. The molecule has 1 aliphatic rings. The van der Waals surface area contributed by atoms with Crippen LogP contribution in [0.25, 0.3) is 17.1 Å². The van der Waals surface area contributed by atoms with Crippen molar-refractivity contribution >= 4 is 5.97 Å². The molecule has 0 radical (unpaired) electrons. The van der Waals surface area contributed by atoms with Gasteiger partial charge in [-0.25, -0.2) is 14.5 Å². The fourth-order valence-electron chi connectivity index (χ4n) is 5.57. The van der Waals surface area contributed by atoms with Gasteiger partial charge in [0.2, 0.25) is 0 Å². The number of nitrogens with zero attached hydrogens (tertiary/aromatic N) is 3. The number of carbonyl (C=O) groups is 1. The van der Waals surface area contributed by atoms with Gasteiger partial charge in [-0.05, 0) is 86.4 Å². The lowest BCUT2D eigenvalue weighted by Crippen LogP contribution is -2.19. The van der Waals surface area contributed by atoms with Crippen LogP contribution in [0.4, 0.5) is 13.2 Å². The predicted octanol–water partition coefficient (Wildman–Crippen LogP) is 7.69. The van der Waals surface area contributed by atoms with Crippen molar-refractivity contribution in [1.82, 2.24) is 14.8 Å². The van der Waals surface area contributed by atoms with Gasteiger partial charge in [0, 0.05) is 12.7 Å². The average Bonchev–Trinajstić information content (AvgIpc) is 3.48. The number of halogens is 3. The van der Waals surface area contributed by atoms with E-state index in [0.717, 1.165) is 43.0 Å². The molecule has 0 unspecified atom stereocenters. The van der Waals surface area contributed by atoms with Crippen LogP contribution in [0.1, 0.15) is 71.3 Å². The van der Waals surface area contributed by atoms with Gasteiger partial charge in [0.25, 0.3) is 0 Å². The van der Waals surface area contributed by atoms with Gasteiger partial charge in [0.05, 0.1) is 24.6 Å². The Kier molecular flexibility index (Phi) is 9.15. The zero-order valence-electron chi connectivity index (χ0n) is 24.4. The van der Waals surface area contributed by atoms with Crippen LogP contribution in [0.5, 0.6) is 5.75 Å². The van der Waals surface area contributed by atoms with Gasteiger partial charge in [-0.2, -0.15) is 18.3 Å². The normalized spacial score (nSPS) is 17.1. The minimum Gasteiger partial charge on any atom is -0.488 e. The van der Waals surface area contributed by atoms with E-state index in [-0.39, 0.29) is 12.4 Å².